The minimum atomic E-state index is -1.52. The lowest BCUT2D eigenvalue weighted by Gasteiger charge is -2.25. The zero-order valence-corrected chi connectivity index (χ0v) is 19.5. The molecule has 14 heteroatoms. The lowest BCUT2D eigenvalue weighted by Crippen LogP contribution is -2.57. The van der Waals surface area contributed by atoms with Gasteiger partial charge >= 0.3 is 5.97 Å². The van der Waals surface area contributed by atoms with E-state index >= 15 is 0 Å². The van der Waals surface area contributed by atoms with Gasteiger partial charge in [0.15, 0.2) is 5.96 Å². The van der Waals surface area contributed by atoms with Crippen molar-refractivity contribution in [2.75, 3.05) is 31.7 Å². The Kier molecular flexibility index (Phi) is 13.2. The summed E-state index contributed by atoms with van der Waals surface area (Å²) >= 11 is 1.51. The Morgan fingerprint density at radius 1 is 1.09 bits per heavy atom. The van der Waals surface area contributed by atoms with E-state index in [0.29, 0.717) is 25.0 Å². The first-order chi connectivity index (χ1) is 15.7. The van der Waals surface area contributed by atoms with Crippen LogP contribution in [0.2, 0.25) is 0 Å². The number of nitrogens with one attached hydrogen (secondary N) is 4. The number of thioether (sulfide) groups is 1. The van der Waals surface area contributed by atoms with Crippen molar-refractivity contribution in [1.29, 1.82) is 0 Å². The van der Waals surface area contributed by atoms with Crippen molar-refractivity contribution in [2.24, 2.45) is 16.5 Å². The number of hydrogen-bond acceptors (Lipinski definition) is 8. The zero-order valence-electron chi connectivity index (χ0n) is 18.7. The lowest BCUT2D eigenvalue weighted by atomic mass is 10.1. The molecule has 1 heterocycles. The van der Waals surface area contributed by atoms with E-state index < -0.39 is 42.5 Å². The van der Waals surface area contributed by atoms with E-state index in [1.54, 1.807) is 0 Å². The number of carbonyl (C=O) groups excluding carboxylic acids is 3. The predicted octanol–water partition coefficient (Wildman–Crippen LogP) is -2.92. The summed E-state index contributed by atoms with van der Waals surface area (Å²) in [6.07, 6.45) is 4.20. The minimum Gasteiger partial charge on any atom is -0.480 e. The molecule has 1 fully saturated rings. The molecule has 1 aliphatic rings. The van der Waals surface area contributed by atoms with E-state index in [2.05, 4.69) is 26.3 Å². The highest BCUT2D eigenvalue weighted by Crippen LogP contribution is 2.08. The van der Waals surface area contributed by atoms with Gasteiger partial charge in [-0.25, -0.2) is 4.79 Å². The Morgan fingerprint density at radius 3 is 2.24 bits per heavy atom. The van der Waals surface area contributed by atoms with Crippen molar-refractivity contribution in [3.8, 4) is 0 Å². The summed E-state index contributed by atoms with van der Waals surface area (Å²) < 4.78 is 0. The first kappa shape index (κ1) is 28.5. The number of aliphatic imine (C=N–C) groups is 1. The van der Waals surface area contributed by atoms with Crippen LogP contribution in [0.25, 0.3) is 0 Å². The summed E-state index contributed by atoms with van der Waals surface area (Å²) in [6.45, 7) is 0.119. The van der Waals surface area contributed by atoms with Crippen LogP contribution in [0.1, 0.15) is 32.1 Å². The second-order valence-electron chi connectivity index (χ2n) is 7.58. The maximum Gasteiger partial charge on any atom is 0.328 e. The topological polar surface area (TPSA) is 221 Å². The number of nitrogens with two attached hydrogens (primary N) is 2. The highest BCUT2D eigenvalue weighted by Gasteiger charge is 2.31. The van der Waals surface area contributed by atoms with E-state index in [1.165, 1.54) is 11.8 Å². The molecule has 4 atom stereocenters. The summed E-state index contributed by atoms with van der Waals surface area (Å²) in [7, 11) is 0. The van der Waals surface area contributed by atoms with Crippen LogP contribution >= 0.6 is 11.8 Å². The van der Waals surface area contributed by atoms with E-state index in [1.807, 2.05) is 6.26 Å². The number of guanidine groups is 1. The molecule has 0 aromatic rings. The third-order valence-electron chi connectivity index (χ3n) is 5.00. The standard InChI is InChI=1S/C19H35N7O6S/c1-33-9-6-13(25-15(28)11-4-2-7-22-11)17(30)24-12(5-3-8-23-19(20)21)16(29)26-14(10-27)18(31)32/h11-14,22,27H,2-10H2,1H3,(H,24,30)(H,25,28)(H,26,29)(H,31,32)(H4,20,21,23). The lowest BCUT2D eigenvalue weighted by molar-refractivity contribution is -0.143. The Bertz CT molecular complexity index is 698. The summed E-state index contributed by atoms with van der Waals surface area (Å²) in [5.41, 5.74) is 10.6. The molecule has 1 aliphatic heterocycles. The van der Waals surface area contributed by atoms with Crippen molar-refractivity contribution in [2.45, 2.75) is 56.3 Å². The third-order valence-corrected chi connectivity index (χ3v) is 5.64. The van der Waals surface area contributed by atoms with Gasteiger partial charge in [-0.15, -0.1) is 0 Å². The van der Waals surface area contributed by atoms with Gasteiger partial charge in [-0.05, 0) is 50.7 Å². The molecular formula is C19H35N7O6S. The molecular weight excluding hydrogens is 454 g/mol. The second kappa shape index (κ2) is 15.3. The number of aliphatic hydroxyl groups is 1. The number of rotatable bonds is 15. The van der Waals surface area contributed by atoms with Crippen LogP contribution in [0.3, 0.4) is 0 Å². The largest absolute Gasteiger partial charge is 0.480 e. The third kappa shape index (κ3) is 10.7. The van der Waals surface area contributed by atoms with Gasteiger partial charge in [0.2, 0.25) is 17.7 Å². The van der Waals surface area contributed by atoms with Gasteiger partial charge in [0.05, 0.1) is 12.6 Å². The monoisotopic (exact) mass is 489 g/mol. The fourth-order valence-corrected chi connectivity index (χ4v) is 3.66. The van der Waals surface area contributed by atoms with Crippen LogP contribution in [-0.4, -0.2) is 95.7 Å². The van der Waals surface area contributed by atoms with Crippen LogP contribution in [-0.2, 0) is 19.2 Å². The normalized spacial score (nSPS) is 17.9. The van der Waals surface area contributed by atoms with E-state index in [4.69, 9.17) is 16.6 Å². The molecule has 10 N–H and O–H groups in total. The SMILES string of the molecule is CSCCC(NC(=O)C1CCCN1)C(=O)NC(CCCN=C(N)N)C(=O)NC(CO)C(=O)O. The number of carboxylic acid groups (broad SMARTS) is 1. The Hall–Kier alpha value is -2.58. The van der Waals surface area contributed by atoms with Gasteiger partial charge in [-0.3, -0.25) is 19.4 Å². The maximum atomic E-state index is 13.0. The van der Waals surface area contributed by atoms with E-state index in [-0.39, 0.29) is 30.9 Å². The van der Waals surface area contributed by atoms with Gasteiger partial charge in [0.1, 0.15) is 18.1 Å². The Morgan fingerprint density at radius 2 is 1.73 bits per heavy atom. The van der Waals surface area contributed by atoms with Gasteiger partial charge in [0.25, 0.3) is 0 Å². The molecule has 0 aromatic carbocycles. The van der Waals surface area contributed by atoms with Crippen molar-refractivity contribution in [1.82, 2.24) is 21.3 Å². The molecule has 0 spiro atoms. The molecule has 0 aromatic heterocycles. The van der Waals surface area contributed by atoms with Gasteiger partial charge in [0, 0.05) is 6.54 Å². The predicted molar refractivity (Wildman–Crippen MR) is 124 cm³/mol. The number of aliphatic carboxylic acids is 1. The fraction of sp³-hybridized carbons (Fsp3) is 0.737. The van der Waals surface area contributed by atoms with Gasteiger partial charge in [-0.2, -0.15) is 11.8 Å². The van der Waals surface area contributed by atoms with Crippen LogP contribution in [0.4, 0.5) is 0 Å². The zero-order chi connectivity index (χ0) is 24.8. The van der Waals surface area contributed by atoms with Crippen molar-refractivity contribution in [3.63, 3.8) is 0 Å². The molecule has 13 nitrogen and oxygen atoms in total. The average molecular weight is 490 g/mol. The molecule has 0 bridgehead atoms. The molecule has 0 saturated carbocycles. The number of hydrogen-bond donors (Lipinski definition) is 8. The number of amides is 3. The smallest absolute Gasteiger partial charge is 0.328 e. The quantitative estimate of drug-likeness (QED) is 0.0664. The van der Waals surface area contributed by atoms with Crippen LogP contribution in [0.5, 0.6) is 0 Å². The van der Waals surface area contributed by atoms with Crippen LogP contribution < -0.4 is 32.7 Å². The summed E-state index contributed by atoms with van der Waals surface area (Å²) in [5.74, 6) is -2.55. The molecule has 188 valence electrons. The summed E-state index contributed by atoms with van der Waals surface area (Å²) in [6, 6.07) is -3.86. The maximum absolute atomic E-state index is 13.0. The Balaban J connectivity index is 2.89. The summed E-state index contributed by atoms with van der Waals surface area (Å²) in [5, 5.41) is 28.9. The first-order valence-electron chi connectivity index (χ1n) is 10.7. The highest BCUT2D eigenvalue weighted by molar-refractivity contribution is 7.98. The highest BCUT2D eigenvalue weighted by atomic mass is 32.2. The molecule has 0 radical (unpaired) electrons. The van der Waals surface area contributed by atoms with Crippen LogP contribution in [0.15, 0.2) is 4.99 Å². The number of nitrogens with zero attached hydrogens (tertiary/aromatic N) is 1. The first-order valence-corrected chi connectivity index (χ1v) is 12.1. The Labute approximate surface area is 196 Å². The molecule has 3 amide bonds. The number of aliphatic hydroxyl groups excluding tert-OH is 1. The molecule has 1 saturated heterocycles. The number of carboxylic acids is 1. The van der Waals surface area contributed by atoms with E-state index in [9.17, 15) is 24.3 Å². The minimum absolute atomic E-state index is 0.111. The molecule has 4 unspecified atom stereocenters. The molecule has 1 rings (SSSR count). The van der Waals surface area contributed by atoms with Crippen LogP contribution in [0, 0.1) is 0 Å². The van der Waals surface area contributed by atoms with E-state index in [0.717, 1.165) is 13.0 Å². The fourth-order valence-electron chi connectivity index (χ4n) is 3.19. The van der Waals surface area contributed by atoms with Crippen molar-refractivity contribution < 1.29 is 29.4 Å². The molecule has 0 aliphatic carbocycles. The van der Waals surface area contributed by atoms with Gasteiger partial charge < -0.3 is 42.9 Å². The summed E-state index contributed by atoms with van der Waals surface area (Å²) in [4.78, 5) is 53.1. The van der Waals surface area contributed by atoms with Crippen molar-refractivity contribution in [3.05, 3.63) is 0 Å². The second-order valence-corrected chi connectivity index (χ2v) is 8.57. The average Bonchev–Trinajstić information content (AvgIpc) is 3.31. The molecule has 33 heavy (non-hydrogen) atoms. The van der Waals surface area contributed by atoms with Gasteiger partial charge in [-0.1, -0.05) is 0 Å². The number of carbonyl (C=O) groups is 4. The van der Waals surface area contributed by atoms with Crippen molar-refractivity contribution >= 4 is 41.4 Å².